The van der Waals surface area contributed by atoms with Crippen LogP contribution in [0.15, 0.2) is 66.7 Å². The fraction of sp³-hybridized carbons (Fsp3) is 0.208. The van der Waals surface area contributed by atoms with E-state index in [1.807, 2.05) is 55.5 Å². The summed E-state index contributed by atoms with van der Waals surface area (Å²) in [6.07, 6.45) is 0.765. The van der Waals surface area contributed by atoms with Gasteiger partial charge in [0, 0.05) is 11.6 Å². The summed E-state index contributed by atoms with van der Waals surface area (Å²) in [5.74, 6) is 1.65. The van der Waals surface area contributed by atoms with Crippen LogP contribution < -0.4 is 14.2 Å². The third kappa shape index (κ3) is 5.51. The predicted molar refractivity (Wildman–Crippen MR) is 112 cm³/mol. The highest BCUT2D eigenvalue weighted by atomic mass is 16.5. The molecule has 0 aliphatic rings. The number of carboxylic acid groups (broad SMARTS) is 1. The highest BCUT2D eigenvalue weighted by Crippen LogP contribution is 2.34. The average molecular weight is 392 g/mol. The standard InChI is InChI=1S/C24H24O5/c1-3-11-28-20-12-17(14-24(25)26)13-21(16-20)29-19-8-6-7-18(15-19)22-9-4-5-10-23(22)27-2/h4-10,12-13,15-16H,3,11,14H2,1-2H3,(H,25,26). The lowest BCUT2D eigenvalue weighted by molar-refractivity contribution is -0.136. The highest BCUT2D eigenvalue weighted by molar-refractivity contribution is 5.72. The van der Waals surface area contributed by atoms with Crippen molar-refractivity contribution in [1.29, 1.82) is 0 Å². The van der Waals surface area contributed by atoms with Gasteiger partial charge in [0.1, 0.15) is 23.0 Å². The predicted octanol–water partition coefficient (Wildman–Crippen LogP) is 5.57. The summed E-state index contributed by atoms with van der Waals surface area (Å²) in [4.78, 5) is 11.1. The van der Waals surface area contributed by atoms with Crippen molar-refractivity contribution in [3.63, 3.8) is 0 Å². The van der Waals surface area contributed by atoms with E-state index >= 15 is 0 Å². The minimum atomic E-state index is -0.901. The minimum Gasteiger partial charge on any atom is -0.496 e. The number of carbonyl (C=O) groups is 1. The van der Waals surface area contributed by atoms with Crippen LogP contribution >= 0.6 is 0 Å². The molecule has 1 N–H and O–H groups in total. The van der Waals surface area contributed by atoms with Crippen LogP contribution in [0.4, 0.5) is 0 Å². The molecule has 0 heterocycles. The summed E-state index contributed by atoms with van der Waals surface area (Å²) >= 11 is 0. The number of carboxylic acids is 1. The van der Waals surface area contributed by atoms with Gasteiger partial charge in [0.2, 0.25) is 0 Å². The summed E-state index contributed by atoms with van der Waals surface area (Å²) in [5, 5.41) is 9.13. The maximum atomic E-state index is 11.1. The van der Waals surface area contributed by atoms with Crippen LogP contribution in [-0.2, 0) is 11.2 Å². The van der Waals surface area contributed by atoms with Crippen molar-refractivity contribution in [3.8, 4) is 34.1 Å². The smallest absolute Gasteiger partial charge is 0.307 e. The number of aliphatic carboxylic acids is 1. The lowest BCUT2D eigenvalue weighted by atomic mass is 10.0. The van der Waals surface area contributed by atoms with Gasteiger partial charge in [-0.2, -0.15) is 0 Å². The van der Waals surface area contributed by atoms with E-state index in [1.54, 1.807) is 25.3 Å². The largest absolute Gasteiger partial charge is 0.496 e. The Labute approximate surface area is 170 Å². The van der Waals surface area contributed by atoms with E-state index < -0.39 is 5.97 Å². The zero-order valence-corrected chi connectivity index (χ0v) is 16.6. The normalized spacial score (nSPS) is 10.4. The fourth-order valence-corrected chi connectivity index (χ4v) is 3.02. The Morgan fingerprint density at radius 1 is 0.931 bits per heavy atom. The number of hydrogen-bond acceptors (Lipinski definition) is 4. The lowest BCUT2D eigenvalue weighted by Crippen LogP contribution is -2.02. The Morgan fingerprint density at radius 2 is 1.72 bits per heavy atom. The van der Waals surface area contributed by atoms with Gasteiger partial charge < -0.3 is 19.3 Å². The molecule has 5 nitrogen and oxygen atoms in total. The van der Waals surface area contributed by atoms with Crippen LogP contribution in [0.25, 0.3) is 11.1 Å². The third-order valence-corrected chi connectivity index (χ3v) is 4.26. The molecule has 29 heavy (non-hydrogen) atoms. The minimum absolute atomic E-state index is 0.0963. The van der Waals surface area contributed by atoms with Crippen molar-refractivity contribution >= 4 is 5.97 Å². The molecule has 0 aliphatic carbocycles. The van der Waals surface area contributed by atoms with E-state index in [0.29, 0.717) is 29.4 Å². The van der Waals surface area contributed by atoms with Gasteiger partial charge in [0.15, 0.2) is 0 Å². The van der Waals surface area contributed by atoms with Crippen molar-refractivity contribution in [3.05, 3.63) is 72.3 Å². The van der Waals surface area contributed by atoms with E-state index in [9.17, 15) is 4.79 Å². The van der Waals surface area contributed by atoms with Crippen LogP contribution in [-0.4, -0.2) is 24.8 Å². The number of rotatable bonds is 9. The van der Waals surface area contributed by atoms with E-state index in [2.05, 4.69) is 0 Å². The molecule has 0 saturated heterocycles. The van der Waals surface area contributed by atoms with Gasteiger partial charge in [-0.3, -0.25) is 4.79 Å². The Bertz CT molecular complexity index is 981. The first kappa shape index (κ1) is 20.3. The molecule has 150 valence electrons. The molecule has 0 aromatic heterocycles. The number of hydrogen-bond donors (Lipinski definition) is 1. The summed E-state index contributed by atoms with van der Waals surface area (Å²) in [6, 6.07) is 20.7. The molecule has 3 rings (SSSR count). The second-order valence-corrected chi connectivity index (χ2v) is 6.56. The van der Waals surface area contributed by atoms with Gasteiger partial charge >= 0.3 is 5.97 Å². The molecule has 5 heteroatoms. The van der Waals surface area contributed by atoms with Crippen molar-refractivity contribution in [1.82, 2.24) is 0 Å². The molecule has 0 radical (unpaired) electrons. The summed E-state index contributed by atoms with van der Waals surface area (Å²) < 4.78 is 17.2. The molecule has 0 bridgehead atoms. The summed E-state index contributed by atoms with van der Waals surface area (Å²) in [7, 11) is 1.64. The number of para-hydroxylation sites is 1. The Morgan fingerprint density at radius 3 is 2.48 bits per heavy atom. The van der Waals surface area contributed by atoms with Crippen molar-refractivity contribution in [2.45, 2.75) is 19.8 Å². The number of benzene rings is 3. The molecule has 0 atom stereocenters. The van der Waals surface area contributed by atoms with Crippen molar-refractivity contribution < 1.29 is 24.1 Å². The molecule has 0 unspecified atom stereocenters. The Hall–Kier alpha value is -3.47. The molecule has 0 saturated carbocycles. The van der Waals surface area contributed by atoms with Crippen LogP contribution in [0.2, 0.25) is 0 Å². The van der Waals surface area contributed by atoms with Gasteiger partial charge in [-0.15, -0.1) is 0 Å². The van der Waals surface area contributed by atoms with E-state index in [0.717, 1.165) is 23.3 Å². The Balaban J connectivity index is 1.90. The van der Waals surface area contributed by atoms with E-state index in [-0.39, 0.29) is 6.42 Å². The number of ether oxygens (including phenoxy) is 3. The molecular weight excluding hydrogens is 368 g/mol. The van der Waals surface area contributed by atoms with Crippen LogP contribution in [0.5, 0.6) is 23.0 Å². The first-order chi connectivity index (χ1) is 14.1. The molecular formula is C24H24O5. The van der Waals surface area contributed by atoms with Crippen LogP contribution in [0.3, 0.4) is 0 Å². The van der Waals surface area contributed by atoms with Crippen molar-refractivity contribution in [2.24, 2.45) is 0 Å². The van der Waals surface area contributed by atoms with Crippen LogP contribution in [0, 0.1) is 0 Å². The Kier molecular flexibility index (Phi) is 6.74. The quantitative estimate of drug-likeness (QED) is 0.516. The third-order valence-electron chi connectivity index (χ3n) is 4.26. The highest BCUT2D eigenvalue weighted by Gasteiger charge is 2.10. The number of methoxy groups -OCH3 is 1. The second-order valence-electron chi connectivity index (χ2n) is 6.56. The fourth-order valence-electron chi connectivity index (χ4n) is 3.02. The second kappa shape index (κ2) is 9.64. The van der Waals surface area contributed by atoms with E-state index in [1.165, 1.54) is 0 Å². The molecule has 3 aromatic carbocycles. The molecule has 0 spiro atoms. The molecule has 0 aliphatic heterocycles. The first-order valence-electron chi connectivity index (χ1n) is 9.49. The molecule has 0 fully saturated rings. The SMILES string of the molecule is CCCOc1cc(CC(=O)O)cc(Oc2cccc(-c3ccccc3OC)c2)c1. The zero-order valence-electron chi connectivity index (χ0n) is 16.6. The maximum absolute atomic E-state index is 11.1. The van der Waals surface area contributed by atoms with Gasteiger partial charge in [-0.05, 0) is 47.9 Å². The van der Waals surface area contributed by atoms with Gasteiger partial charge in [-0.1, -0.05) is 37.3 Å². The van der Waals surface area contributed by atoms with Gasteiger partial charge in [0.05, 0.1) is 20.1 Å². The van der Waals surface area contributed by atoms with Crippen LogP contribution in [0.1, 0.15) is 18.9 Å². The van der Waals surface area contributed by atoms with Gasteiger partial charge in [0.25, 0.3) is 0 Å². The molecule has 0 amide bonds. The summed E-state index contributed by atoms with van der Waals surface area (Å²) in [5.41, 5.74) is 2.55. The first-order valence-corrected chi connectivity index (χ1v) is 9.49. The van der Waals surface area contributed by atoms with E-state index in [4.69, 9.17) is 19.3 Å². The monoisotopic (exact) mass is 392 g/mol. The lowest BCUT2D eigenvalue weighted by Gasteiger charge is -2.13. The molecule has 3 aromatic rings. The summed E-state index contributed by atoms with van der Waals surface area (Å²) in [6.45, 7) is 2.57. The van der Waals surface area contributed by atoms with Crippen molar-refractivity contribution in [2.75, 3.05) is 13.7 Å². The maximum Gasteiger partial charge on any atom is 0.307 e. The topological polar surface area (TPSA) is 65.0 Å². The van der Waals surface area contributed by atoms with Gasteiger partial charge in [-0.25, -0.2) is 0 Å². The zero-order chi connectivity index (χ0) is 20.6. The average Bonchev–Trinajstić information content (AvgIpc) is 2.72.